The highest BCUT2D eigenvalue weighted by Crippen LogP contribution is 2.16. The molecule has 0 unspecified atom stereocenters. The molecule has 0 aromatic heterocycles. The normalized spacial score (nSPS) is 11.7. The Morgan fingerprint density at radius 1 is 0.941 bits per heavy atom. The van der Waals surface area contributed by atoms with E-state index in [4.69, 9.17) is 0 Å². The van der Waals surface area contributed by atoms with Gasteiger partial charge in [-0.25, -0.2) is 0 Å². The monoisotopic (exact) mass is 228 g/mol. The predicted molar refractivity (Wildman–Crippen MR) is 80.1 cm³/mol. The van der Waals surface area contributed by atoms with E-state index in [1.807, 2.05) is 33.8 Å². The molecule has 0 nitrogen and oxygen atoms in total. The lowest BCUT2D eigenvalue weighted by atomic mass is 10.0. The summed E-state index contributed by atoms with van der Waals surface area (Å²) in [5.74, 6) is 0. The highest BCUT2D eigenvalue weighted by Gasteiger charge is 1.95. The van der Waals surface area contributed by atoms with Crippen LogP contribution in [0.1, 0.15) is 38.8 Å². The summed E-state index contributed by atoms with van der Waals surface area (Å²) >= 11 is 0. The Labute approximate surface area is 106 Å². The van der Waals surface area contributed by atoms with Crippen molar-refractivity contribution >= 4 is 5.57 Å². The fourth-order valence-corrected chi connectivity index (χ4v) is 1.37. The molecule has 0 saturated carbocycles. The first-order chi connectivity index (χ1) is 8.27. The van der Waals surface area contributed by atoms with Crippen LogP contribution >= 0.6 is 0 Å². The van der Waals surface area contributed by atoms with Crippen molar-refractivity contribution in [2.45, 2.75) is 34.6 Å². The van der Waals surface area contributed by atoms with Crippen molar-refractivity contribution in [3.8, 4) is 0 Å². The molecular formula is C17H24. The van der Waals surface area contributed by atoms with E-state index in [1.54, 1.807) is 0 Å². The fraction of sp³-hybridized carbons (Fsp3) is 0.294. The van der Waals surface area contributed by atoms with Crippen molar-refractivity contribution in [1.29, 1.82) is 0 Å². The second-order valence-corrected chi connectivity index (χ2v) is 3.51. The van der Waals surface area contributed by atoms with Crippen LogP contribution in [-0.2, 0) is 0 Å². The van der Waals surface area contributed by atoms with E-state index < -0.39 is 0 Å². The van der Waals surface area contributed by atoms with Gasteiger partial charge >= 0.3 is 0 Å². The first kappa shape index (κ1) is 15.4. The summed E-state index contributed by atoms with van der Waals surface area (Å²) in [5.41, 5.74) is 3.80. The SMILES string of the molecule is CC.C\C=C/C=C(\C=C\C)c1ccc(C)cc1. The van der Waals surface area contributed by atoms with Crippen LogP contribution in [0, 0.1) is 6.92 Å². The summed E-state index contributed by atoms with van der Waals surface area (Å²) in [6.45, 7) is 10.2. The second-order valence-electron chi connectivity index (χ2n) is 3.51. The molecule has 1 rings (SSSR count). The molecule has 0 heterocycles. The smallest absolute Gasteiger partial charge is 0.0184 e. The highest BCUT2D eigenvalue weighted by molar-refractivity contribution is 5.75. The van der Waals surface area contributed by atoms with Crippen LogP contribution in [0.2, 0.25) is 0 Å². The molecule has 0 amide bonds. The average Bonchev–Trinajstić information content (AvgIpc) is 2.38. The van der Waals surface area contributed by atoms with Crippen LogP contribution in [0.3, 0.4) is 0 Å². The summed E-state index contributed by atoms with van der Waals surface area (Å²) in [4.78, 5) is 0. The number of hydrogen-bond acceptors (Lipinski definition) is 0. The van der Waals surface area contributed by atoms with Gasteiger partial charge in [0.25, 0.3) is 0 Å². The van der Waals surface area contributed by atoms with E-state index in [1.165, 1.54) is 16.7 Å². The Bertz CT molecular complexity index is 375. The Balaban J connectivity index is 0.00000121. The maximum Gasteiger partial charge on any atom is -0.0184 e. The van der Waals surface area contributed by atoms with Crippen LogP contribution < -0.4 is 0 Å². The highest BCUT2D eigenvalue weighted by atomic mass is 14.0. The van der Waals surface area contributed by atoms with Gasteiger partial charge in [-0.05, 0) is 31.9 Å². The molecule has 0 N–H and O–H groups in total. The van der Waals surface area contributed by atoms with E-state index in [0.29, 0.717) is 0 Å². The standard InChI is InChI=1S/C15H18.C2H6/c1-4-6-8-14(7-5-2)15-11-9-13(3)10-12-15;1-2/h4-12H,1-3H3;1-2H3/b6-4-,7-5+,14-8+;. The minimum absolute atomic E-state index is 1.25. The second kappa shape index (κ2) is 9.65. The van der Waals surface area contributed by atoms with Gasteiger partial charge in [0.15, 0.2) is 0 Å². The van der Waals surface area contributed by atoms with Crippen molar-refractivity contribution in [3.05, 3.63) is 65.8 Å². The molecule has 0 spiro atoms. The van der Waals surface area contributed by atoms with E-state index in [2.05, 4.69) is 55.5 Å². The first-order valence-corrected chi connectivity index (χ1v) is 6.30. The number of aryl methyl sites for hydroxylation is 1. The van der Waals surface area contributed by atoms with Gasteiger partial charge in [-0.2, -0.15) is 0 Å². The van der Waals surface area contributed by atoms with Crippen molar-refractivity contribution in [2.75, 3.05) is 0 Å². The lowest BCUT2D eigenvalue weighted by Crippen LogP contribution is -1.81. The van der Waals surface area contributed by atoms with Crippen molar-refractivity contribution in [2.24, 2.45) is 0 Å². The minimum Gasteiger partial charge on any atom is -0.0876 e. The Kier molecular flexibility index (Phi) is 8.77. The van der Waals surface area contributed by atoms with Gasteiger partial charge in [-0.1, -0.05) is 74.1 Å². The molecule has 0 heteroatoms. The molecular weight excluding hydrogens is 204 g/mol. The van der Waals surface area contributed by atoms with Gasteiger partial charge in [0.05, 0.1) is 0 Å². The summed E-state index contributed by atoms with van der Waals surface area (Å²) in [6, 6.07) is 8.60. The predicted octanol–water partition coefficient (Wildman–Crippen LogP) is 5.56. The largest absolute Gasteiger partial charge is 0.0876 e. The van der Waals surface area contributed by atoms with E-state index in [9.17, 15) is 0 Å². The van der Waals surface area contributed by atoms with Crippen LogP contribution in [0.5, 0.6) is 0 Å². The third-order valence-corrected chi connectivity index (χ3v) is 2.20. The molecule has 17 heavy (non-hydrogen) atoms. The molecule has 0 radical (unpaired) electrons. The zero-order valence-corrected chi connectivity index (χ0v) is 11.7. The first-order valence-electron chi connectivity index (χ1n) is 6.30. The maximum atomic E-state index is 2.16. The number of benzene rings is 1. The minimum atomic E-state index is 1.25. The Morgan fingerprint density at radius 2 is 1.53 bits per heavy atom. The summed E-state index contributed by atoms with van der Waals surface area (Å²) in [7, 11) is 0. The topological polar surface area (TPSA) is 0 Å². The molecule has 1 aromatic carbocycles. The van der Waals surface area contributed by atoms with Crippen LogP contribution in [0.15, 0.2) is 54.6 Å². The third-order valence-electron chi connectivity index (χ3n) is 2.20. The molecule has 0 atom stereocenters. The molecule has 0 aliphatic heterocycles. The molecule has 92 valence electrons. The van der Waals surface area contributed by atoms with Crippen molar-refractivity contribution in [1.82, 2.24) is 0 Å². The molecule has 0 fully saturated rings. The van der Waals surface area contributed by atoms with E-state index in [-0.39, 0.29) is 0 Å². The molecule has 0 bridgehead atoms. The van der Waals surface area contributed by atoms with Gasteiger partial charge in [0.1, 0.15) is 0 Å². The summed E-state index contributed by atoms with van der Waals surface area (Å²) in [5, 5.41) is 0. The number of allylic oxidation sites excluding steroid dienone is 6. The van der Waals surface area contributed by atoms with Crippen LogP contribution in [0.25, 0.3) is 5.57 Å². The van der Waals surface area contributed by atoms with Crippen LogP contribution in [0.4, 0.5) is 0 Å². The quantitative estimate of drug-likeness (QED) is 0.594. The van der Waals surface area contributed by atoms with Gasteiger partial charge < -0.3 is 0 Å². The van der Waals surface area contributed by atoms with Gasteiger partial charge in [0.2, 0.25) is 0 Å². The van der Waals surface area contributed by atoms with Crippen molar-refractivity contribution in [3.63, 3.8) is 0 Å². The summed E-state index contributed by atoms with van der Waals surface area (Å²) in [6.07, 6.45) is 10.4. The van der Waals surface area contributed by atoms with Gasteiger partial charge in [-0.3, -0.25) is 0 Å². The maximum absolute atomic E-state index is 2.16. The van der Waals surface area contributed by atoms with E-state index >= 15 is 0 Å². The zero-order valence-electron chi connectivity index (χ0n) is 11.7. The van der Waals surface area contributed by atoms with E-state index in [0.717, 1.165) is 0 Å². The Morgan fingerprint density at radius 3 is 2.00 bits per heavy atom. The molecule has 0 aliphatic rings. The van der Waals surface area contributed by atoms with Crippen LogP contribution in [-0.4, -0.2) is 0 Å². The lowest BCUT2D eigenvalue weighted by Gasteiger charge is -2.02. The zero-order chi connectivity index (χ0) is 13.1. The molecule has 1 aromatic rings. The number of rotatable bonds is 3. The van der Waals surface area contributed by atoms with Crippen molar-refractivity contribution < 1.29 is 0 Å². The Hall–Kier alpha value is -1.56. The van der Waals surface area contributed by atoms with Gasteiger partial charge in [-0.15, -0.1) is 0 Å². The number of hydrogen-bond donors (Lipinski definition) is 0. The van der Waals surface area contributed by atoms with Gasteiger partial charge in [0, 0.05) is 0 Å². The average molecular weight is 228 g/mol. The third kappa shape index (κ3) is 5.91. The molecule has 0 saturated heterocycles. The molecule has 0 aliphatic carbocycles. The lowest BCUT2D eigenvalue weighted by molar-refractivity contribution is 1.45. The fourth-order valence-electron chi connectivity index (χ4n) is 1.37. The summed E-state index contributed by atoms with van der Waals surface area (Å²) < 4.78 is 0.